The predicted octanol–water partition coefficient (Wildman–Crippen LogP) is 8.85. The molecule has 0 aliphatic carbocycles. The second-order valence-corrected chi connectivity index (χ2v) is 12.8. The molecule has 272 valence electrons. The number of esters is 2. The van der Waals surface area contributed by atoms with Crippen LogP contribution < -0.4 is 0 Å². The number of aliphatic carboxylic acids is 1. The van der Waals surface area contributed by atoms with Gasteiger partial charge in [0, 0.05) is 19.3 Å². The number of carboxylic acids is 1. The molecule has 0 heterocycles. The Bertz CT molecular complexity index is 1020. The predicted molar refractivity (Wildman–Crippen MR) is 197 cm³/mol. The third kappa shape index (κ3) is 29.0. The third-order valence-corrected chi connectivity index (χ3v) is 7.45. The van der Waals surface area contributed by atoms with Gasteiger partial charge in [0.1, 0.15) is 6.61 Å². The van der Waals surface area contributed by atoms with E-state index in [2.05, 4.69) is 56.4 Å². The van der Waals surface area contributed by atoms with Crippen LogP contribution in [-0.2, 0) is 28.6 Å². The van der Waals surface area contributed by atoms with Gasteiger partial charge in [0.05, 0.1) is 34.4 Å². The van der Waals surface area contributed by atoms with Gasteiger partial charge in [0.15, 0.2) is 12.1 Å². The van der Waals surface area contributed by atoms with E-state index in [9.17, 15) is 19.5 Å². The van der Waals surface area contributed by atoms with Crippen LogP contribution >= 0.6 is 0 Å². The molecule has 8 nitrogen and oxygen atoms in total. The number of allylic oxidation sites excluding steroid dienone is 12. The maximum absolute atomic E-state index is 12.6. The van der Waals surface area contributed by atoms with E-state index in [-0.39, 0.29) is 36.2 Å². The zero-order valence-electron chi connectivity index (χ0n) is 30.7. The Balaban J connectivity index is 4.54. The van der Waals surface area contributed by atoms with Crippen LogP contribution in [0.15, 0.2) is 72.9 Å². The molecule has 0 aliphatic rings. The minimum Gasteiger partial charge on any atom is -0.477 e. The van der Waals surface area contributed by atoms with Crippen LogP contribution in [0.2, 0.25) is 0 Å². The summed E-state index contributed by atoms with van der Waals surface area (Å²) in [5.41, 5.74) is 0. The second-order valence-electron chi connectivity index (χ2n) is 12.8. The number of nitrogens with zero attached hydrogens (tertiary/aromatic N) is 1. The Morgan fingerprint density at radius 1 is 0.646 bits per heavy atom. The quantitative estimate of drug-likeness (QED) is 0.0268. The second kappa shape index (κ2) is 31.1. The first-order valence-electron chi connectivity index (χ1n) is 18.0. The molecule has 0 fully saturated rings. The molecule has 0 radical (unpaired) electrons. The number of quaternary nitrogens is 1. The molecule has 1 N–H and O–H groups in total. The molecular formula is C40H66NO7+. The SMILES string of the molecule is CC/C=C/C=C/C=C/C=C/CCCCCCCC(=O)OC(COCCC(C(=O)O)[N+](C)(C)C)COC(=O)CCCC/C=C/C/C=C/CC. The molecule has 0 bridgehead atoms. The van der Waals surface area contributed by atoms with Crippen molar-refractivity contribution in [1.29, 1.82) is 0 Å². The van der Waals surface area contributed by atoms with Crippen molar-refractivity contribution in [2.75, 3.05) is 41.0 Å². The molecule has 0 saturated heterocycles. The Labute approximate surface area is 291 Å². The van der Waals surface area contributed by atoms with Gasteiger partial charge in [-0.25, -0.2) is 4.79 Å². The van der Waals surface area contributed by atoms with E-state index in [0.29, 0.717) is 19.3 Å². The van der Waals surface area contributed by atoms with E-state index in [1.54, 1.807) is 0 Å². The fourth-order valence-corrected chi connectivity index (χ4v) is 4.67. The summed E-state index contributed by atoms with van der Waals surface area (Å²) in [5.74, 6) is -1.56. The molecule has 2 atom stereocenters. The largest absolute Gasteiger partial charge is 0.477 e. The van der Waals surface area contributed by atoms with Crippen LogP contribution in [0.5, 0.6) is 0 Å². The normalized spacial score (nSPS) is 13.9. The lowest BCUT2D eigenvalue weighted by Gasteiger charge is -2.31. The summed E-state index contributed by atoms with van der Waals surface area (Å²) in [6, 6.07) is -0.625. The molecule has 0 aliphatic heterocycles. The summed E-state index contributed by atoms with van der Waals surface area (Å²) in [7, 11) is 5.48. The van der Waals surface area contributed by atoms with E-state index >= 15 is 0 Å². The van der Waals surface area contributed by atoms with Gasteiger partial charge in [-0.3, -0.25) is 9.59 Å². The fraction of sp³-hybridized carbons (Fsp3) is 0.625. The standard InChI is InChI=1S/C40H65NO7/c1-6-8-10-12-14-16-17-18-19-20-21-23-25-27-29-31-39(43)48-36(34-46-33-32-37(40(44)45)41(3,4)5)35-47-38(42)30-28-26-24-22-15-13-11-9-7-2/h8-12,14-19,22,36-37H,6-7,13,20-21,23-35H2,1-5H3/p+1/b10-8+,11-9+,14-12+,17-16+,19-18+,22-15+. The molecule has 0 aromatic heterocycles. The van der Waals surface area contributed by atoms with Crippen LogP contribution in [-0.4, -0.2) is 80.6 Å². The van der Waals surface area contributed by atoms with Gasteiger partial charge in [-0.2, -0.15) is 0 Å². The highest BCUT2D eigenvalue weighted by Crippen LogP contribution is 2.12. The van der Waals surface area contributed by atoms with Crippen molar-refractivity contribution in [2.24, 2.45) is 0 Å². The first-order valence-corrected chi connectivity index (χ1v) is 18.0. The molecule has 0 aromatic carbocycles. The molecule has 0 saturated carbocycles. The first kappa shape index (κ1) is 44.8. The third-order valence-electron chi connectivity index (χ3n) is 7.45. The van der Waals surface area contributed by atoms with Crippen molar-refractivity contribution in [3.8, 4) is 0 Å². The van der Waals surface area contributed by atoms with Gasteiger partial charge in [-0.1, -0.05) is 106 Å². The van der Waals surface area contributed by atoms with Crippen LogP contribution in [0.25, 0.3) is 0 Å². The van der Waals surface area contributed by atoms with Crippen molar-refractivity contribution in [3.63, 3.8) is 0 Å². The summed E-state index contributed by atoms with van der Waals surface area (Å²) in [6.07, 6.45) is 36.7. The van der Waals surface area contributed by atoms with E-state index < -0.39 is 18.1 Å². The number of carboxylic acid groups (broad SMARTS) is 1. The van der Waals surface area contributed by atoms with Gasteiger partial charge in [-0.05, 0) is 57.8 Å². The summed E-state index contributed by atoms with van der Waals surface area (Å²) >= 11 is 0. The fourth-order valence-electron chi connectivity index (χ4n) is 4.67. The molecule has 0 spiro atoms. The lowest BCUT2D eigenvalue weighted by Crippen LogP contribution is -2.50. The maximum Gasteiger partial charge on any atom is 0.362 e. The molecule has 0 aromatic rings. The minimum absolute atomic E-state index is 0.0364. The summed E-state index contributed by atoms with van der Waals surface area (Å²) in [6.45, 7) is 4.37. The van der Waals surface area contributed by atoms with Crippen LogP contribution in [0.4, 0.5) is 0 Å². The zero-order valence-corrected chi connectivity index (χ0v) is 30.7. The summed E-state index contributed by atoms with van der Waals surface area (Å²) in [5, 5.41) is 9.56. The number of hydrogen-bond acceptors (Lipinski definition) is 6. The molecule has 48 heavy (non-hydrogen) atoms. The minimum atomic E-state index is -0.889. The first-order chi connectivity index (χ1) is 23.1. The molecule has 2 unspecified atom stereocenters. The van der Waals surface area contributed by atoms with Gasteiger partial charge in [0.2, 0.25) is 0 Å². The number of rotatable bonds is 30. The highest BCUT2D eigenvalue weighted by atomic mass is 16.6. The Morgan fingerprint density at radius 3 is 1.90 bits per heavy atom. The van der Waals surface area contributed by atoms with Crippen molar-refractivity contribution < 1.29 is 38.2 Å². The van der Waals surface area contributed by atoms with Gasteiger partial charge in [0.25, 0.3) is 0 Å². The lowest BCUT2D eigenvalue weighted by atomic mass is 10.1. The number of carbonyl (C=O) groups excluding carboxylic acids is 2. The van der Waals surface area contributed by atoms with Crippen molar-refractivity contribution in [2.45, 2.75) is 122 Å². The maximum atomic E-state index is 12.6. The summed E-state index contributed by atoms with van der Waals surface area (Å²) < 4.78 is 17.1. The topological polar surface area (TPSA) is 99.1 Å². The lowest BCUT2D eigenvalue weighted by molar-refractivity contribution is -0.887. The molecular weight excluding hydrogens is 606 g/mol. The van der Waals surface area contributed by atoms with E-state index in [0.717, 1.165) is 77.0 Å². The Morgan fingerprint density at radius 2 is 1.21 bits per heavy atom. The van der Waals surface area contributed by atoms with Crippen molar-refractivity contribution in [3.05, 3.63) is 72.9 Å². The Kier molecular flexibility index (Phi) is 29.0. The average molecular weight is 673 g/mol. The van der Waals surface area contributed by atoms with Crippen LogP contribution in [0.3, 0.4) is 0 Å². The highest BCUT2D eigenvalue weighted by molar-refractivity contribution is 5.72. The van der Waals surface area contributed by atoms with Crippen molar-refractivity contribution in [1.82, 2.24) is 0 Å². The van der Waals surface area contributed by atoms with Crippen LogP contribution in [0.1, 0.15) is 110 Å². The number of ether oxygens (including phenoxy) is 3. The molecule has 8 heteroatoms. The summed E-state index contributed by atoms with van der Waals surface area (Å²) in [4.78, 5) is 36.6. The molecule has 0 rings (SSSR count). The van der Waals surface area contributed by atoms with Gasteiger partial charge < -0.3 is 23.8 Å². The Hall–Kier alpha value is -3.23. The van der Waals surface area contributed by atoms with E-state index in [1.165, 1.54) is 0 Å². The average Bonchev–Trinajstić information content (AvgIpc) is 3.03. The monoisotopic (exact) mass is 672 g/mol. The van der Waals surface area contributed by atoms with Crippen molar-refractivity contribution >= 4 is 17.9 Å². The zero-order chi connectivity index (χ0) is 35.7. The number of likely N-dealkylation sites (N-methyl/N-ethyl adjacent to an activating group) is 1. The van der Waals surface area contributed by atoms with E-state index in [1.807, 2.05) is 51.5 Å². The number of unbranched alkanes of at least 4 members (excludes halogenated alkanes) is 7. The van der Waals surface area contributed by atoms with E-state index in [4.69, 9.17) is 14.2 Å². The van der Waals surface area contributed by atoms with Crippen LogP contribution in [0, 0.1) is 0 Å². The molecule has 0 amide bonds. The number of carbonyl (C=O) groups is 3. The highest BCUT2D eigenvalue weighted by Gasteiger charge is 2.31. The number of hydrogen-bond donors (Lipinski definition) is 1. The smallest absolute Gasteiger partial charge is 0.362 e. The van der Waals surface area contributed by atoms with Gasteiger partial charge >= 0.3 is 17.9 Å². The van der Waals surface area contributed by atoms with Gasteiger partial charge in [-0.15, -0.1) is 0 Å².